The maximum Gasteiger partial charge on any atom is 0.254 e. The zero-order valence-corrected chi connectivity index (χ0v) is 20.0. The van der Waals surface area contributed by atoms with E-state index in [4.69, 9.17) is 4.98 Å². The summed E-state index contributed by atoms with van der Waals surface area (Å²) < 4.78 is 1.89. The molecule has 0 unspecified atom stereocenters. The molecule has 1 amide bonds. The number of piperazine rings is 1. The summed E-state index contributed by atoms with van der Waals surface area (Å²) in [5, 5.41) is 10.8. The predicted molar refractivity (Wildman–Crippen MR) is 128 cm³/mol. The van der Waals surface area contributed by atoms with Crippen molar-refractivity contribution in [2.24, 2.45) is 0 Å². The van der Waals surface area contributed by atoms with Gasteiger partial charge < -0.3 is 4.90 Å². The topological polar surface area (TPSA) is 67.2 Å². The van der Waals surface area contributed by atoms with E-state index in [2.05, 4.69) is 38.7 Å². The number of fused-ring (bicyclic) bond motifs is 1. The summed E-state index contributed by atoms with van der Waals surface area (Å²) in [6, 6.07) is 6.03. The smallest absolute Gasteiger partial charge is 0.254 e. The molecule has 7 nitrogen and oxygen atoms in total. The summed E-state index contributed by atoms with van der Waals surface area (Å²) in [5.74, 6) is 0.0674. The van der Waals surface area contributed by atoms with Gasteiger partial charge in [0.05, 0.1) is 34.4 Å². The van der Waals surface area contributed by atoms with E-state index in [0.29, 0.717) is 12.1 Å². The highest BCUT2D eigenvalue weighted by Crippen LogP contribution is 2.23. The molecule has 32 heavy (non-hydrogen) atoms. The van der Waals surface area contributed by atoms with Crippen molar-refractivity contribution < 1.29 is 4.79 Å². The van der Waals surface area contributed by atoms with E-state index in [0.717, 1.165) is 61.6 Å². The summed E-state index contributed by atoms with van der Waals surface area (Å²) in [4.78, 5) is 28.4. The SMILES string of the molecule is CCc1nc(CN2CCN(C(=O)c3cc(C)nc4c3cnn4Cc3cccs3)CC2)cs1. The van der Waals surface area contributed by atoms with Gasteiger partial charge in [0.1, 0.15) is 0 Å². The highest BCUT2D eigenvalue weighted by atomic mass is 32.1. The summed E-state index contributed by atoms with van der Waals surface area (Å²) in [6.07, 6.45) is 2.77. The molecule has 0 atom stereocenters. The van der Waals surface area contributed by atoms with Crippen LogP contribution in [0.25, 0.3) is 11.0 Å². The van der Waals surface area contributed by atoms with Gasteiger partial charge in [-0.05, 0) is 30.9 Å². The Morgan fingerprint density at radius 3 is 2.69 bits per heavy atom. The third-order valence-electron chi connectivity index (χ3n) is 5.80. The van der Waals surface area contributed by atoms with Crippen LogP contribution in [0.15, 0.2) is 35.2 Å². The average molecular weight is 467 g/mol. The molecule has 5 heterocycles. The molecule has 5 rings (SSSR count). The first-order chi connectivity index (χ1) is 15.6. The van der Waals surface area contributed by atoms with Gasteiger partial charge in [-0.3, -0.25) is 9.69 Å². The first-order valence-corrected chi connectivity index (χ1v) is 12.7. The second-order valence-corrected chi connectivity index (χ2v) is 10.1. The molecule has 1 aliphatic heterocycles. The van der Waals surface area contributed by atoms with Crippen LogP contribution in [0.5, 0.6) is 0 Å². The Labute approximate surface area is 195 Å². The van der Waals surface area contributed by atoms with Crippen molar-refractivity contribution >= 4 is 39.6 Å². The fourth-order valence-electron chi connectivity index (χ4n) is 4.11. The van der Waals surface area contributed by atoms with Crippen molar-refractivity contribution in [3.63, 3.8) is 0 Å². The Hall–Kier alpha value is -2.62. The highest BCUT2D eigenvalue weighted by molar-refractivity contribution is 7.10. The van der Waals surface area contributed by atoms with Crippen molar-refractivity contribution in [2.45, 2.75) is 33.4 Å². The predicted octanol–water partition coefficient (Wildman–Crippen LogP) is 3.83. The average Bonchev–Trinajstić information content (AvgIpc) is 3.56. The number of aryl methyl sites for hydroxylation is 2. The summed E-state index contributed by atoms with van der Waals surface area (Å²) in [6.45, 7) is 8.75. The number of hydrogen-bond donors (Lipinski definition) is 0. The van der Waals surface area contributed by atoms with Gasteiger partial charge in [0.15, 0.2) is 5.65 Å². The molecule has 0 N–H and O–H groups in total. The lowest BCUT2D eigenvalue weighted by Crippen LogP contribution is -2.48. The molecule has 166 valence electrons. The van der Waals surface area contributed by atoms with Gasteiger partial charge in [0.25, 0.3) is 5.91 Å². The Bertz CT molecular complexity index is 1220. The van der Waals surface area contributed by atoms with Crippen LogP contribution in [0.1, 0.15) is 38.6 Å². The van der Waals surface area contributed by atoms with Gasteiger partial charge in [0, 0.05) is 48.7 Å². The van der Waals surface area contributed by atoms with Gasteiger partial charge in [-0.25, -0.2) is 14.6 Å². The molecule has 1 saturated heterocycles. The van der Waals surface area contributed by atoms with Crippen LogP contribution in [0.2, 0.25) is 0 Å². The molecule has 4 aromatic rings. The number of hydrogen-bond acceptors (Lipinski definition) is 7. The number of carbonyl (C=O) groups excluding carboxylic acids is 1. The fourth-order valence-corrected chi connectivity index (χ4v) is 5.53. The number of rotatable bonds is 6. The molecule has 0 radical (unpaired) electrons. The van der Waals surface area contributed by atoms with Crippen molar-refractivity contribution in [1.82, 2.24) is 29.5 Å². The van der Waals surface area contributed by atoms with E-state index in [9.17, 15) is 4.79 Å². The molecule has 1 fully saturated rings. The van der Waals surface area contributed by atoms with E-state index in [-0.39, 0.29) is 5.91 Å². The molecule has 1 aliphatic rings. The van der Waals surface area contributed by atoms with Crippen LogP contribution in [0, 0.1) is 6.92 Å². The van der Waals surface area contributed by atoms with Crippen molar-refractivity contribution in [3.8, 4) is 0 Å². The lowest BCUT2D eigenvalue weighted by atomic mass is 10.1. The Morgan fingerprint density at radius 1 is 1.12 bits per heavy atom. The van der Waals surface area contributed by atoms with E-state index in [1.165, 1.54) is 9.88 Å². The third kappa shape index (κ3) is 4.32. The molecule has 9 heteroatoms. The number of pyridine rings is 1. The Balaban J connectivity index is 1.30. The van der Waals surface area contributed by atoms with Gasteiger partial charge in [0.2, 0.25) is 0 Å². The molecule has 0 spiro atoms. The van der Waals surface area contributed by atoms with Crippen LogP contribution in [-0.4, -0.2) is 61.6 Å². The number of thiophene rings is 1. The summed E-state index contributed by atoms with van der Waals surface area (Å²) >= 11 is 3.43. The monoisotopic (exact) mass is 466 g/mol. The van der Waals surface area contributed by atoms with Crippen LogP contribution in [0.3, 0.4) is 0 Å². The molecular weight excluding hydrogens is 440 g/mol. The van der Waals surface area contributed by atoms with Crippen molar-refractivity contribution in [2.75, 3.05) is 26.2 Å². The van der Waals surface area contributed by atoms with E-state index < -0.39 is 0 Å². The highest BCUT2D eigenvalue weighted by Gasteiger charge is 2.25. The lowest BCUT2D eigenvalue weighted by Gasteiger charge is -2.34. The van der Waals surface area contributed by atoms with Crippen LogP contribution in [-0.2, 0) is 19.5 Å². The van der Waals surface area contributed by atoms with Crippen LogP contribution < -0.4 is 0 Å². The minimum atomic E-state index is 0.0674. The number of nitrogens with zero attached hydrogens (tertiary/aromatic N) is 6. The van der Waals surface area contributed by atoms with E-state index in [1.54, 1.807) is 28.9 Å². The molecule has 0 aliphatic carbocycles. The number of aromatic nitrogens is 4. The quantitative estimate of drug-likeness (QED) is 0.432. The van der Waals surface area contributed by atoms with Gasteiger partial charge in [-0.15, -0.1) is 22.7 Å². The zero-order chi connectivity index (χ0) is 22.1. The molecular formula is C23H26N6OS2. The lowest BCUT2D eigenvalue weighted by molar-refractivity contribution is 0.0629. The standard InChI is InChI=1S/C23H26N6OS2/c1-3-21-26-17(15-32-21)13-27-6-8-28(9-7-27)23(30)19-11-16(2)25-22-20(19)12-24-29(22)14-18-5-4-10-31-18/h4-5,10-12,15H,3,6-9,13-14H2,1-2H3. The number of carbonyl (C=O) groups is 1. The third-order valence-corrected chi connectivity index (χ3v) is 7.70. The van der Waals surface area contributed by atoms with Gasteiger partial charge in [-0.1, -0.05) is 13.0 Å². The molecule has 0 saturated carbocycles. The van der Waals surface area contributed by atoms with E-state index >= 15 is 0 Å². The molecule has 0 bridgehead atoms. The molecule has 0 aromatic carbocycles. The van der Waals surface area contributed by atoms with Gasteiger partial charge in [-0.2, -0.15) is 5.10 Å². The summed E-state index contributed by atoms with van der Waals surface area (Å²) in [7, 11) is 0. The first kappa shape index (κ1) is 21.2. The largest absolute Gasteiger partial charge is 0.336 e. The minimum absolute atomic E-state index is 0.0674. The normalized spacial score (nSPS) is 15.0. The second kappa shape index (κ2) is 9.09. The second-order valence-electron chi connectivity index (χ2n) is 8.08. The zero-order valence-electron chi connectivity index (χ0n) is 18.3. The van der Waals surface area contributed by atoms with Crippen molar-refractivity contribution in [3.05, 3.63) is 62.0 Å². The maximum atomic E-state index is 13.4. The minimum Gasteiger partial charge on any atom is -0.336 e. The van der Waals surface area contributed by atoms with Gasteiger partial charge >= 0.3 is 0 Å². The van der Waals surface area contributed by atoms with E-state index in [1.807, 2.05) is 28.6 Å². The Kier molecular flexibility index (Phi) is 6.03. The summed E-state index contributed by atoms with van der Waals surface area (Å²) in [5.41, 5.74) is 3.44. The number of thiazole rings is 1. The first-order valence-electron chi connectivity index (χ1n) is 10.9. The number of amides is 1. The fraction of sp³-hybridized carbons (Fsp3) is 0.391. The molecule has 4 aromatic heterocycles. The Morgan fingerprint density at radius 2 is 1.97 bits per heavy atom. The van der Waals surface area contributed by atoms with Crippen molar-refractivity contribution in [1.29, 1.82) is 0 Å². The maximum absolute atomic E-state index is 13.4. The van der Waals surface area contributed by atoms with Crippen LogP contribution >= 0.6 is 22.7 Å². The van der Waals surface area contributed by atoms with Crippen LogP contribution in [0.4, 0.5) is 0 Å².